The van der Waals surface area contributed by atoms with Gasteiger partial charge in [0.25, 0.3) is 0 Å². The average Bonchev–Trinajstić information content (AvgIpc) is 2.38. The monoisotopic (exact) mass is 234 g/mol. The van der Waals surface area contributed by atoms with Gasteiger partial charge in [0.2, 0.25) is 0 Å². The number of aliphatic hydroxyl groups excluding tert-OH is 1. The quantitative estimate of drug-likeness (QED) is 0.874. The Morgan fingerprint density at radius 2 is 1.94 bits per heavy atom. The van der Waals surface area contributed by atoms with Crippen LogP contribution in [0.1, 0.15) is 62.2 Å². The summed E-state index contributed by atoms with van der Waals surface area (Å²) in [6, 6.07) is 1.86. The Balaban J connectivity index is 2.10. The van der Waals surface area contributed by atoms with E-state index in [2.05, 4.69) is 16.9 Å². The van der Waals surface area contributed by atoms with Gasteiger partial charge >= 0.3 is 0 Å². The van der Waals surface area contributed by atoms with E-state index in [9.17, 15) is 5.11 Å². The zero-order valence-electron chi connectivity index (χ0n) is 10.8. The van der Waals surface area contributed by atoms with Crippen LogP contribution in [-0.2, 0) is 6.61 Å². The van der Waals surface area contributed by atoms with Crippen molar-refractivity contribution in [1.29, 1.82) is 0 Å². The Hall–Kier alpha value is -0.960. The minimum Gasteiger partial charge on any atom is -0.390 e. The number of hydrogen-bond donors (Lipinski definition) is 1. The summed E-state index contributed by atoms with van der Waals surface area (Å²) in [6.45, 7) is 4.26. The van der Waals surface area contributed by atoms with Gasteiger partial charge in [-0.15, -0.1) is 0 Å². The van der Waals surface area contributed by atoms with Gasteiger partial charge in [0.15, 0.2) is 0 Å². The summed E-state index contributed by atoms with van der Waals surface area (Å²) in [5.41, 5.74) is 1.72. The second-order valence-electron chi connectivity index (χ2n) is 5.14. The van der Waals surface area contributed by atoms with Crippen molar-refractivity contribution < 1.29 is 5.11 Å². The topological polar surface area (TPSA) is 46.0 Å². The van der Waals surface area contributed by atoms with Crippen molar-refractivity contribution in [3.63, 3.8) is 0 Å². The first-order valence-corrected chi connectivity index (χ1v) is 6.68. The normalized spacial score (nSPS) is 24.9. The predicted octanol–water partition coefficient (Wildman–Crippen LogP) is 2.96. The van der Waals surface area contributed by atoms with Crippen LogP contribution >= 0.6 is 0 Å². The van der Waals surface area contributed by atoms with E-state index in [0.717, 1.165) is 23.1 Å². The van der Waals surface area contributed by atoms with Gasteiger partial charge < -0.3 is 5.11 Å². The number of nitrogens with zero attached hydrogens (tertiary/aromatic N) is 2. The van der Waals surface area contributed by atoms with Crippen molar-refractivity contribution in [1.82, 2.24) is 9.97 Å². The Morgan fingerprint density at radius 3 is 2.53 bits per heavy atom. The molecule has 0 amide bonds. The van der Waals surface area contributed by atoms with Crippen LogP contribution in [-0.4, -0.2) is 15.1 Å². The molecule has 0 aromatic carbocycles. The molecule has 1 fully saturated rings. The molecule has 3 nitrogen and oxygen atoms in total. The van der Waals surface area contributed by atoms with Gasteiger partial charge in [-0.2, -0.15) is 0 Å². The van der Waals surface area contributed by atoms with Crippen molar-refractivity contribution in [2.45, 2.75) is 58.5 Å². The molecule has 1 saturated carbocycles. The molecule has 0 saturated heterocycles. The summed E-state index contributed by atoms with van der Waals surface area (Å²) >= 11 is 0. The van der Waals surface area contributed by atoms with Crippen LogP contribution in [0.2, 0.25) is 0 Å². The summed E-state index contributed by atoms with van der Waals surface area (Å²) in [5, 5.41) is 9.17. The highest BCUT2D eigenvalue weighted by atomic mass is 16.3. The Bertz CT molecular complexity index is 370. The highest BCUT2D eigenvalue weighted by Crippen LogP contribution is 2.35. The van der Waals surface area contributed by atoms with Crippen LogP contribution in [0, 0.1) is 12.8 Å². The average molecular weight is 234 g/mol. The van der Waals surface area contributed by atoms with Gasteiger partial charge in [0.1, 0.15) is 5.82 Å². The molecule has 0 spiro atoms. The molecule has 0 radical (unpaired) electrons. The second kappa shape index (κ2) is 5.58. The summed E-state index contributed by atoms with van der Waals surface area (Å²) < 4.78 is 0. The summed E-state index contributed by atoms with van der Waals surface area (Å²) in [4.78, 5) is 9.00. The molecule has 1 aliphatic carbocycles. The first kappa shape index (κ1) is 12.5. The molecule has 1 N–H and O–H groups in total. The lowest BCUT2D eigenvalue weighted by atomic mass is 9.80. The van der Waals surface area contributed by atoms with E-state index in [1.165, 1.54) is 32.1 Å². The van der Waals surface area contributed by atoms with Gasteiger partial charge in [0, 0.05) is 11.6 Å². The maximum Gasteiger partial charge on any atom is 0.132 e. The third-order valence-electron chi connectivity index (χ3n) is 3.88. The SMILES string of the molecule is CCC1CCC(c2nc(C)cc(CO)n2)CC1. The molecule has 2 rings (SSSR count). The third kappa shape index (κ3) is 3.03. The lowest BCUT2D eigenvalue weighted by Crippen LogP contribution is -2.16. The fourth-order valence-electron chi connectivity index (χ4n) is 2.75. The van der Waals surface area contributed by atoms with E-state index in [1.54, 1.807) is 0 Å². The van der Waals surface area contributed by atoms with Crippen LogP contribution in [0.5, 0.6) is 0 Å². The first-order valence-electron chi connectivity index (χ1n) is 6.68. The van der Waals surface area contributed by atoms with E-state index >= 15 is 0 Å². The van der Waals surface area contributed by atoms with Gasteiger partial charge in [-0.25, -0.2) is 9.97 Å². The van der Waals surface area contributed by atoms with Crippen molar-refractivity contribution in [3.05, 3.63) is 23.3 Å². The van der Waals surface area contributed by atoms with Crippen LogP contribution in [0.15, 0.2) is 6.07 Å². The van der Waals surface area contributed by atoms with Gasteiger partial charge in [-0.05, 0) is 44.6 Å². The second-order valence-corrected chi connectivity index (χ2v) is 5.14. The van der Waals surface area contributed by atoms with E-state index < -0.39 is 0 Å². The standard InChI is InChI=1S/C14H22N2O/c1-3-11-4-6-12(7-5-11)14-15-10(2)8-13(9-17)16-14/h8,11-12,17H,3-7,9H2,1-2H3. The molecule has 1 heterocycles. The van der Waals surface area contributed by atoms with E-state index in [1.807, 2.05) is 13.0 Å². The minimum atomic E-state index is 0.0145. The molecule has 1 aliphatic rings. The van der Waals surface area contributed by atoms with E-state index in [0.29, 0.717) is 5.92 Å². The van der Waals surface area contributed by atoms with Gasteiger partial charge in [-0.1, -0.05) is 13.3 Å². The van der Waals surface area contributed by atoms with Gasteiger partial charge in [-0.3, -0.25) is 0 Å². The van der Waals surface area contributed by atoms with Crippen LogP contribution in [0.25, 0.3) is 0 Å². The minimum absolute atomic E-state index is 0.0145. The molecule has 0 atom stereocenters. The summed E-state index contributed by atoms with van der Waals surface area (Å²) in [7, 11) is 0. The van der Waals surface area contributed by atoms with Crippen molar-refractivity contribution >= 4 is 0 Å². The van der Waals surface area contributed by atoms with Crippen molar-refractivity contribution in [2.75, 3.05) is 0 Å². The van der Waals surface area contributed by atoms with Crippen molar-refractivity contribution in [2.24, 2.45) is 5.92 Å². The number of rotatable bonds is 3. The molecule has 1 aromatic heterocycles. The molecule has 0 bridgehead atoms. The van der Waals surface area contributed by atoms with E-state index in [4.69, 9.17) is 0 Å². The molecular weight excluding hydrogens is 212 g/mol. The lowest BCUT2D eigenvalue weighted by Gasteiger charge is -2.27. The lowest BCUT2D eigenvalue weighted by molar-refractivity contribution is 0.273. The Morgan fingerprint density at radius 1 is 1.24 bits per heavy atom. The van der Waals surface area contributed by atoms with Crippen LogP contribution < -0.4 is 0 Å². The highest BCUT2D eigenvalue weighted by Gasteiger charge is 2.23. The molecule has 0 unspecified atom stereocenters. The van der Waals surface area contributed by atoms with E-state index in [-0.39, 0.29) is 6.61 Å². The first-order chi connectivity index (χ1) is 8.22. The van der Waals surface area contributed by atoms with Crippen LogP contribution in [0.3, 0.4) is 0 Å². The fourth-order valence-corrected chi connectivity index (χ4v) is 2.75. The Labute approximate surface area is 103 Å². The molecule has 1 aromatic rings. The zero-order valence-corrected chi connectivity index (χ0v) is 10.8. The van der Waals surface area contributed by atoms with Gasteiger partial charge in [0.05, 0.1) is 12.3 Å². The largest absolute Gasteiger partial charge is 0.390 e. The predicted molar refractivity (Wildman–Crippen MR) is 67.7 cm³/mol. The zero-order chi connectivity index (χ0) is 12.3. The number of hydrogen-bond acceptors (Lipinski definition) is 3. The molecule has 94 valence electrons. The summed E-state index contributed by atoms with van der Waals surface area (Å²) in [5.74, 6) is 2.35. The molecule has 3 heteroatoms. The third-order valence-corrected chi connectivity index (χ3v) is 3.88. The smallest absolute Gasteiger partial charge is 0.132 e. The maximum atomic E-state index is 9.17. The molecule has 17 heavy (non-hydrogen) atoms. The number of aliphatic hydroxyl groups is 1. The van der Waals surface area contributed by atoms with Crippen LogP contribution in [0.4, 0.5) is 0 Å². The Kier molecular flexibility index (Phi) is 4.11. The maximum absolute atomic E-state index is 9.17. The highest BCUT2D eigenvalue weighted by molar-refractivity contribution is 5.12. The number of aromatic nitrogens is 2. The number of aryl methyl sites for hydroxylation is 1. The fraction of sp³-hybridized carbons (Fsp3) is 0.714. The molecular formula is C14H22N2O. The van der Waals surface area contributed by atoms with Crippen molar-refractivity contribution in [3.8, 4) is 0 Å². The molecule has 0 aliphatic heterocycles. The summed E-state index contributed by atoms with van der Waals surface area (Å²) in [6.07, 6.45) is 6.29.